The Labute approximate surface area is 124 Å². The van der Waals surface area contributed by atoms with Gasteiger partial charge in [-0.3, -0.25) is 4.79 Å². The summed E-state index contributed by atoms with van der Waals surface area (Å²) in [7, 11) is 3.60. The van der Waals surface area contributed by atoms with Gasteiger partial charge in [0.15, 0.2) is 11.5 Å². The molecule has 0 spiro atoms. The SMILES string of the molecule is CNCCN(C)C(=O)c1cc(-c2ccccc2)on1.Cl. The molecule has 0 fully saturated rings. The fraction of sp³-hybridized carbons (Fsp3) is 0.286. The molecule has 0 saturated carbocycles. The highest BCUT2D eigenvalue weighted by Crippen LogP contribution is 2.20. The largest absolute Gasteiger partial charge is 0.355 e. The minimum absolute atomic E-state index is 0. The fourth-order valence-corrected chi connectivity index (χ4v) is 1.69. The van der Waals surface area contributed by atoms with Gasteiger partial charge in [0.25, 0.3) is 5.91 Å². The van der Waals surface area contributed by atoms with E-state index >= 15 is 0 Å². The highest BCUT2D eigenvalue weighted by Gasteiger charge is 2.16. The van der Waals surface area contributed by atoms with Gasteiger partial charge in [-0.25, -0.2) is 0 Å². The number of hydrogen-bond donors (Lipinski definition) is 1. The molecule has 1 amide bonds. The standard InChI is InChI=1S/C14H17N3O2.ClH/c1-15-8-9-17(2)14(18)12-10-13(19-16-12)11-6-4-3-5-7-11;/h3-7,10,15H,8-9H2,1-2H3;1H. The minimum Gasteiger partial charge on any atom is -0.355 e. The van der Waals surface area contributed by atoms with E-state index in [0.29, 0.717) is 18.0 Å². The number of carbonyl (C=O) groups is 1. The number of hydrogen-bond acceptors (Lipinski definition) is 4. The van der Waals surface area contributed by atoms with Crippen molar-refractivity contribution in [3.8, 4) is 11.3 Å². The molecule has 0 atom stereocenters. The number of nitrogens with zero attached hydrogens (tertiary/aromatic N) is 2. The summed E-state index contributed by atoms with van der Waals surface area (Å²) in [5, 5.41) is 6.83. The van der Waals surface area contributed by atoms with Gasteiger partial charge in [-0.05, 0) is 7.05 Å². The maximum Gasteiger partial charge on any atom is 0.275 e. The van der Waals surface area contributed by atoms with Gasteiger partial charge < -0.3 is 14.7 Å². The molecule has 1 aromatic carbocycles. The second kappa shape index (κ2) is 7.67. The molecule has 0 bridgehead atoms. The number of halogens is 1. The smallest absolute Gasteiger partial charge is 0.275 e. The first-order chi connectivity index (χ1) is 9.22. The highest BCUT2D eigenvalue weighted by molar-refractivity contribution is 5.92. The highest BCUT2D eigenvalue weighted by atomic mass is 35.5. The van der Waals surface area contributed by atoms with Gasteiger partial charge >= 0.3 is 0 Å². The van der Waals surface area contributed by atoms with Crippen LogP contribution in [0.3, 0.4) is 0 Å². The van der Waals surface area contributed by atoms with Crippen LogP contribution < -0.4 is 5.32 Å². The molecule has 5 nitrogen and oxygen atoms in total. The van der Waals surface area contributed by atoms with Crippen LogP contribution in [0.15, 0.2) is 40.9 Å². The molecule has 0 radical (unpaired) electrons. The predicted molar refractivity (Wildman–Crippen MR) is 80.1 cm³/mol. The van der Waals surface area contributed by atoms with E-state index in [9.17, 15) is 4.79 Å². The van der Waals surface area contributed by atoms with Crippen molar-refractivity contribution >= 4 is 18.3 Å². The van der Waals surface area contributed by atoms with Crippen molar-refractivity contribution in [1.82, 2.24) is 15.4 Å². The quantitative estimate of drug-likeness (QED) is 0.917. The zero-order chi connectivity index (χ0) is 13.7. The zero-order valence-electron chi connectivity index (χ0n) is 11.5. The molecule has 108 valence electrons. The van der Waals surface area contributed by atoms with Crippen LogP contribution in [0.25, 0.3) is 11.3 Å². The van der Waals surface area contributed by atoms with Crippen molar-refractivity contribution in [3.05, 3.63) is 42.1 Å². The normalized spacial score (nSPS) is 9.90. The summed E-state index contributed by atoms with van der Waals surface area (Å²) in [4.78, 5) is 13.7. The lowest BCUT2D eigenvalue weighted by molar-refractivity contribution is 0.0786. The second-order valence-corrected chi connectivity index (χ2v) is 4.27. The summed E-state index contributed by atoms with van der Waals surface area (Å²) in [6.07, 6.45) is 0. The summed E-state index contributed by atoms with van der Waals surface area (Å²) < 4.78 is 5.21. The van der Waals surface area contributed by atoms with Crippen LogP contribution in [-0.2, 0) is 0 Å². The van der Waals surface area contributed by atoms with Crippen LogP contribution >= 0.6 is 12.4 Å². The third-order valence-electron chi connectivity index (χ3n) is 2.83. The Bertz CT molecular complexity index is 542. The van der Waals surface area contributed by atoms with Crippen molar-refractivity contribution in [2.75, 3.05) is 27.2 Å². The molecule has 6 heteroatoms. The summed E-state index contributed by atoms with van der Waals surface area (Å²) >= 11 is 0. The number of amides is 1. The van der Waals surface area contributed by atoms with E-state index in [2.05, 4.69) is 10.5 Å². The van der Waals surface area contributed by atoms with Gasteiger partial charge in [-0.15, -0.1) is 12.4 Å². The maximum absolute atomic E-state index is 12.1. The molecule has 20 heavy (non-hydrogen) atoms. The van der Waals surface area contributed by atoms with Gasteiger partial charge in [0.05, 0.1) is 0 Å². The monoisotopic (exact) mass is 295 g/mol. The van der Waals surface area contributed by atoms with Gasteiger partial charge in [0, 0.05) is 31.8 Å². The van der Waals surface area contributed by atoms with E-state index in [1.165, 1.54) is 0 Å². The molecule has 1 heterocycles. The molecule has 0 unspecified atom stereocenters. The Kier molecular flexibility index (Phi) is 6.21. The Morgan fingerprint density at radius 1 is 1.35 bits per heavy atom. The molecule has 0 saturated heterocycles. The molecule has 0 aliphatic rings. The van der Waals surface area contributed by atoms with Crippen molar-refractivity contribution in [2.45, 2.75) is 0 Å². The number of nitrogens with one attached hydrogen (secondary N) is 1. The molecule has 0 aliphatic heterocycles. The molecular weight excluding hydrogens is 278 g/mol. The summed E-state index contributed by atoms with van der Waals surface area (Å²) in [6, 6.07) is 11.3. The van der Waals surface area contributed by atoms with Gasteiger partial charge in [-0.2, -0.15) is 0 Å². The number of likely N-dealkylation sites (N-methyl/N-ethyl adjacent to an activating group) is 2. The Balaban J connectivity index is 0.00000200. The van der Waals surface area contributed by atoms with E-state index < -0.39 is 0 Å². The average molecular weight is 296 g/mol. The molecular formula is C14H18ClN3O2. The summed E-state index contributed by atoms with van der Waals surface area (Å²) in [5.41, 5.74) is 1.24. The van der Waals surface area contributed by atoms with Gasteiger partial charge in [0.1, 0.15) is 0 Å². The van der Waals surface area contributed by atoms with E-state index in [-0.39, 0.29) is 18.3 Å². The van der Waals surface area contributed by atoms with Crippen LogP contribution in [0.4, 0.5) is 0 Å². The maximum atomic E-state index is 12.1. The molecule has 1 N–H and O–H groups in total. The van der Waals surface area contributed by atoms with Crippen LogP contribution in [0.1, 0.15) is 10.5 Å². The number of aromatic nitrogens is 1. The third-order valence-corrected chi connectivity index (χ3v) is 2.83. The van der Waals surface area contributed by atoms with Gasteiger partial charge in [0.2, 0.25) is 0 Å². The van der Waals surface area contributed by atoms with E-state index in [4.69, 9.17) is 4.52 Å². The first kappa shape index (κ1) is 16.2. The summed E-state index contributed by atoms with van der Waals surface area (Å²) in [5.74, 6) is 0.465. The Hall–Kier alpha value is -1.85. The lowest BCUT2D eigenvalue weighted by Crippen LogP contribution is -2.32. The predicted octanol–water partition coefficient (Wildman–Crippen LogP) is 2.05. The van der Waals surface area contributed by atoms with Gasteiger partial charge in [-0.1, -0.05) is 35.5 Å². The Morgan fingerprint density at radius 3 is 2.70 bits per heavy atom. The van der Waals surface area contributed by atoms with Crippen LogP contribution in [-0.4, -0.2) is 43.1 Å². The van der Waals surface area contributed by atoms with E-state index in [1.54, 1.807) is 18.0 Å². The van der Waals surface area contributed by atoms with Crippen molar-refractivity contribution in [1.29, 1.82) is 0 Å². The fourth-order valence-electron chi connectivity index (χ4n) is 1.69. The van der Waals surface area contributed by atoms with Crippen molar-refractivity contribution in [3.63, 3.8) is 0 Å². The lowest BCUT2D eigenvalue weighted by atomic mass is 10.1. The topological polar surface area (TPSA) is 58.4 Å². The average Bonchev–Trinajstić information content (AvgIpc) is 2.94. The molecule has 2 rings (SSSR count). The molecule has 0 aliphatic carbocycles. The van der Waals surface area contributed by atoms with Crippen LogP contribution in [0, 0.1) is 0 Å². The lowest BCUT2D eigenvalue weighted by Gasteiger charge is -2.14. The first-order valence-corrected chi connectivity index (χ1v) is 6.14. The Morgan fingerprint density at radius 2 is 2.05 bits per heavy atom. The van der Waals surface area contributed by atoms with E-state index in [1.807, 2.05) is 37.4 Å². The van der Waals surface area contributed by atoms with Crippen LogP contribution in [0.2, 0.25) is 0 Å². The summed E-state index contributed by atoms with van der Waals surface area (Å²) in [6.45, 7) is 1.37. The minimum atomic E-state index is -0.138. The number of rotatable bonds is 5. The van der Waals surface area contributed by atoms with E-state index in [0.717, 1.165) is 12.1 Å². The molecule has 2 aromatic rings. The third kappa shape index (κ3) is 3.82. The van der Waals surface area contributed by atoms with Crippen molar-refractivity contribution in [2.24, 2.45) is 0 Å². The number of carbonyl (C=O) groups excluding carboxylic acids is 1. The van der Waals surface area contributed by atoms with Crippen LogP contribution in [0.5, 0.6) is 0 Å². The molecule has 1 aromatic heterocycles. The number of benzene rings is 1. The second-order valence-electron chi connectivity index (χ2n) is 4.27. The van der Waals surface area contributed by atoms with Crippen molar-refractivity contribution < 1.29 is 9.32 Å². The first-order valence-electron chi connectivity index (χ1n) is 6.14. The zero-order valence-corrected chi connectivity index (χ0v) is 12.3.